The first-order valence-electron chi connectivity index (χ1n) is 6.56. The van der Waals surface area contributed by atoms with E-state index in [1.54, 1.807) is 6.26 Å². The highest BCUT2D eigenvalue weighted by molar-refractivity contribution is 7.84. The van der Waals surface area contributed by atoms with Gasteiger partial charge >= 0.3 is 12.0 Å². The van der Waals surface area contributed by atoms with Crippen molar-refractivity contribution in [2.45, 2.75) is 38.1 Å². The number of amides is 2. The number of carbonyl (C=O) groups is 2. The Bertz CT molecular complexity index is 349. The molecule has 3 unspecified atom stereocenters. The Morgan fingerprint density at radius 3 is 2.74 bits per heavy atom. The first-order valence-corrected chi connectivity index (χ1v) is 8.29. The van der Waals surface area contributed by atoms with Gasteiger partial charge in [0.1, 0.15) is 0 Å². The summed E-state index contributed by atoms with van der Waals surface area (Å²) in [6.45, 7) is 0.487. The summed E-state index contributed by atoms with van der Waals surface area (Å²) in [5.74, 6) is -0.552. The van der Waals surface area contributed by atoms with E-state index in [1.807, 2.05) is 0 Å². The number of aliphatic carboxylic acids is 1. The zero-order valence-electron chi connectivity index (χ0n) is 11.2. The van der Waals surface area contributed by atoms with Crippen molar-refractivity contribution in [3.63, 3.8) is 0 Å². The van der Waals surface area contributed by atoms with Gasteiger partial charge in [-0.3, -0.25) is 9.00 Å². The Balaban J connectivity index is 2.20. The van der Waals surface area contributed by atoms with Crippen molar-refractivity contribution in [2.24, 2.45) is 5.92 Å². The first kappa shape index (κ1) is 15.9. The van der Waals surface area contributed by atoms with Gasteiger partial charge in [-0.1, -0.05) is 6.42 Å². The summed E-state index contributed by atoms with van der Waals surface area (Å²) in [4.78, 5) is 22.5. The summed E-state index contributed by atoms with van der Waals surface area (Å²) >= 11 is 0. The smallest absolute Gasteiger partial charge is 0.315 e. The van der Waals surface area contributed by atoms with Crippen molar-refractivity contribution < 1.29 is 18.9 Å². The molecule has 110 valence electrons. The quantitative estimate of drug-likeness (QED) is 0.627. The second kappa shape index (κ2) is 8.14. The van der Waals surface area contributed by atoms with Crippen molar-refractivity contribution in [3.8, 4) is 0 Å². The molecule has 0 aromatic carbocycles. The number of carbonyl (C=O) groups excluding carboxylic acids is 1. The van der Waals surface area contributed by atoms with Crippen LogP contribution in [0.1, 0.15) is 32.1 Å². The van der Waals surface area contributed by atoms with Gasteiger partial charge in [0, 0.05) is 35.4 Å². The molecule has 0 saturated heterocycles. The lowest BCUT2D eigenvalue weighted by atomic mass is 9.86. The maximum absolute atomic E-state index is 11.6. The molecule has 1 saturated carbocycles. The molecule has 3 atom stereocenters. The minimum absolute atomic E-state index is 0.0600. The molecule has 0 aliphatic heterocycles. The van der Waals surface area contributed by atoms with E-state index in [9.17, 15) is 13.8 Å². The number of rotatable bonds is 6. The van der Waals surface area contributed by atoms with E-state index in [1.165, 1.54) is 0 Å². The zero-order chi connectivity index (χ0) is 14.3. The van der Waals surface area contributed by atoms with Crippen LogP contribution in [0.3, 0.4) is 0 Å². The first-order chi connectivity index (χ1) is 8.99. The molecule has 1 aliphatic carbocycles. The fraction of sp³-hybridized carbons (Fsp3) is 0.833. The normalized spacial score (nSPS) is 24.5. The monoisotopic (exact) mass is 290 g/mol. The molecular formula is C12H22N2O4S. The van der Waals surface area contributed by atoms with Gasteiger partial charge in [0.2, 0.25) is 0 Å². The van der Waals surface area contributed by atoms with E-state index in [0.29, 0.717) is 31.6 Å². The van der Waals surface area contributed by atoms with Gasteiger partial charge in [0.15, 0.2) is 0 Å². The summed E-state index contributed by atoms with van der Waals surface area (Å²) in [6.07, 6.45) is 5.17. The molecule has 1 fully saturated rings. The Morgan fingerprint density at radius 1 is 1.37 bits per heavy atom. The molecule has 0 aromatic rings. The van der Waals surface area contributed by atoms with Crippen LogP contribution in [0.2, 0.25) is 0 Å². The SMILES string of the molecule is CS(=O)CCCNC(=O)NC1CCCC(C(=O)O)C1. The summed E-state index contributed by atoms with van der Waals surface area (Å²) in [5.41, 5.74) is 0. The van der Waals surface area contributed by atoms with Crippen LogP contribution in [0.25, 0.3) is 0 Å². The Morgan fingerprint density at radius 2 is 2.11 bits per heavy atom. The van der Waals surface area contributed by atoms with Crippen LogP contribution in [0.5, 0.6) is 0 Å². The van der Waals surface area contributed by atoms with Crippen LogP contribution in [0, 0.1) is 5.92 Å². The van der Waals surface area contributed by atoms with E-state index >= 15 is 0 Å². The number of nitrogens with one attached hydrogen (secondary N) is 2. The van der Waals surface area contributed by atoms with Crippen LogP contribution in [-0.2, 0) is 15.6 Å². The highest BCUT2D eigenvalue weighted by atomic mass is 32.2. The van der Waals surface area contributed by atoms with Gasteiger partial charge in [-0.15, -0.1) is 0 Å². The average Bonchev–Trinajstić information content (AvgIpc) is 2.34. The fourth-order valence-corrected chi connectivity index (χ4v) is 2.81. The summed E-state index contributed by atoms with van der Waals surface area (Å²) in [6, 6.07) is -0.326. The largest absolute Gasteiger partial charge is 0.481 e. The molecular weight excluding hydrogens is 268 g/mol. The number of urea groups is 1. The highest BCUT2D eigenvalue weighted by Gasteiger charge is 2.27. The third kappa shape index (κ3) is 6.56. The van der Waals surface area contributed by atoms with Gasteiger partial charge in [0.25, 0.3) is 0 Å². The van der Waals surface area contributed by atoms with Gasteiger partial charge in [-0.2, -0.15) is 0 Å². The standard InChI is InChI=1S/C12H22N2O4S/c1-19(18)7-3-6-13-12(17)14-10-5-2-4-9(8-10)11(15)16/h9-10H,2-8H2,1H3,(H,15,16)(H2,13,14,17). The molecule has 0 radical (unpaired) electrons. The van der Waals surface area contributed by atoms with Crippen molar-refractivity contribution in [1.82, 2.24) is 10.6 Å². The maximum atomic E-state index is 11.6. The lowest BCUT2D eigenvalue weighted by Crippen LogP contribution is -2.45. The van der Waals surface area contributed by atoms with E-state index in [2.05, 4.69) is 10.6 Å². The molecule has 0 heterocycles. The van der Waals surface area contributed by atoms with E-state index in [-0.39, 0.29) is 18.0 Å². The lowest BCUT2D eigenvalue weighted by Gasteiger charge is -2.27. The third-order valence-electron chi connectivity index (χ3n) is 3.25. The Hall–Kier alpha value is -1.11. The number of hydrogen-bond acceptors (Lipinski definition) is 3. The lowest BCUT2D eigenvalue weighted by molar-refractivity contribution is -0.143. The summed E-state index contributed by atoms with van der Waals surface area (Å²) < 4.78 is 10.8. The second-order valence-electron chi connectivity index (χ2n) is 4.93. The predicted octanol–water partition coefficient (Wildman–Crippen LogP) is 0.698. The second-order valence-corrected chi connectivity index (χ2v) is 6.48. The number of hydrogen-bond donors (Lipinski definition) is 3. The van der Waals surface area contributed by atoms with Gasteiger partial charge in [-0.05, 0) is 25.7 Å². The van der Waals surface area contributed by atoms with Crippen molar-refractivity contribution in [3.05, 3.63) is 0 Å². The Kier molecular flexibility index (Phi) is 6.83. The zero-order valence-corrected chi connectivity index (χ0v) is 12.0. The van der Waals surface area contributed by atoms with Crippen molar-refractivity contribution in [1.29, 1.82) is 0 Å². The van der Waals surface area contributed by atoms with Crippen molar-refractivity contribution in [2.75, 3.05) is 18.6 Å². The number of carboxylic acid groups (broad SMARTS) is 1. The predicted molar refractivity (Wildman–Crippen MR) is 73.5 cm³/mol. The van der Waals surface area contributed by atoms with E-state index in [0.717, 1.165) is 12.8 Å². The number of carboxylic acids is 1. The van der Waals surface area contributed by atoms with Crippen LogP contribution in [0.4, 0.5) is 4.79 Å². The molecule has 0 spiro atoms. The molecule has 1 aliphatic rings. The third-order valence-corrected chi connectivity index (χ3v) is 4.12. The van der Waals surface area contributed by atoms with Crippen LogP contribution in [-0.4, -0.2) is 45.9 Å². The summed E-state index contributed by atoms with van der Waals surface area (Å²) in [7, 11) is -0.834. The molecule has 0 bridgehead atoms. The van der Waals surface area contributed by atoms with E-state index < -0.39 is 16.8 Å². The molecule has 0 aromatic heterocycles. The topological polar surface area (TPSA) is 95.5 Å². The van der Waals surface area contributed by atoms with Gasteiger partial charge in [-0.25, -0.2) is 4.79 Å². The average molecular weight is 290 g/mol. The van der Waals surface area contributed by atoms with Crippen LogP contribution in [0.15, 0.2) is 0 Å². The Labute approximate surface area is 115 Å². The minimum Gasteiger partial charge on any atom is -0.481 e. The molecule has 19 heavy (non-hydrogen) atoms. The van der Waals surface area contributed by atoms with Gasteiger partial charge in [0.05, 0.1) is 5.92 Å². The molecule has 2 amide bonds. The van der Waals surface area contributed by atoms with Crippen molar-refractivity contribution >= 4 is 22.8 Å². The molecule has 1 rings (SSSR count). The summed E-state index contributed by atoms with van der Waals surface area (Å²) in [5, 5.41) is 14.5. The molecule has 3 N–H and O–H groups in total. The van der Waals surface area contributed by atoms with Gasteiger partial charge < -0.3 is 15.7 Å². The fourth-order valence-electron chi connectivity index (χ4n) is 2.26. The molecule has 6 nitrogen and oxygen atoms in total. The minimum atomic E-state index is -0.834. The van der Waals surface area contributed by atoms with E-state index in [4.69, 9.17) is 5.11 Å². The van der Waals surface area contributed by atoms with Crippen LogP contribution < -0.4 is 10.6 Å². The molecule has 7 heteroatoms. The maximum Gasteiger partial charge on any atom is 0.315 e. The van der Waals surface area contributed by atoms with Crippen LogP contribution >= 0.6 is 0 Å². The highest BCUT2D eigenvalue weighted by Crippen LogP contribution is 2.24.